The fraction of sp³-hybridized carbons (Fsp3) is 0.667. The van der Waals surface area contributed by atoms with Crippen molar-refractivity contribution in [3.05, 3.63) is 0 Å². The Kier molecular flexibility index (Phi) is 1.92. The molecule has 1 unspecified atom stereocenters. The maximum atomic E-state index is 11.6. The summed E-state index contributed by atoms with van der Waals surface area (Å²) in [5, 5.41) is 3.21. The predicted molar refractivity (Wildman–Crippen MR) is 21.4 cm³/mol. The Morgan fingerprint density at radius 2 is 1.56 bits per heavy atom. The van der Waals surface area contributed by atoms with E-state index in [-0.39, 0.29) is 6.07 Å². The SMILES string of the molecule is N#CC(F)(Cl)C(F)(F)F. The lowest BCUT2D eigenvalue weighted by Gasteiger charge is -2.11. The Balaban J connectivity index is 4.39. The van der Waals surface area contributed by atoms with Crippen LogP contribution in [0, 0.1) is 11.3 Å². The summed E-state index contributed by atoms with van der Waals surface area (Å²) in [5.41, 5.74) is 0. The van der Waals surface area contributed by atoms with E-state index in [0.29, 0.717) is 0 Å². The van der Waals surface area contributed by atoms with Crippen LogP contribution in [0.5, 0.6) is 0 Å². The monoisotopic (exact) mass is 161 g/mol. The summed E-state index contributed by atoms with van der Waals surface area (Å²) in [4.78, 5) is 0. The van der Waals surface area contributed by atoms with Gasteiger partial charge in [-0.2, -0.15) is 22.8 Å². The zero-order valence-corrected chi connectivity index (χ0v) is 4.59. The zero-order chi connectivity index (χ0) is 7.71. The van der Waals surface area contributed by atoms with Crippen molar-refractivity contribution in [1.82, 2.24) is 0 Å². The van der Waals surface area contributed by atoms with Crippen molar-refractivity contribution in [2.24, 2.45) is 0 Å². The van der Waals surface area contributed by atoms with Gasteiger partial charge in [0.2, 0.25) is 0 Å². The van der Waals surface area contributed by atoms with Gasteiger partial charge in [0.1, 0.15) is 6.07 Å². The first-order chi connectivity index (χ1) is 3.81. The first kappa shape index (κ1) is 8.50. The van der Waals surface area contributed by atoms with Gasteiger partial charge in [-0.05, 0) is 0 Å². The topological polar surface area (TPSA) is 23.8 Å². The smallest absolute Gasteiger partial charge is 0.199 e. The number of halogens is 5. The number of alkyl halides is 5. The fourth-order valence-corrected chi connectivity index (χ4v) is 0.0634. The van der Waals surface area contributed by atoms with Gasteiger partial charge in [-0.3, -0.25) is 0 Å². The standard InChI is InChI=1S/C3ClF4N/c4-2(5,1-9)3(6,7)8. The second-order valence-corrected chi connectivity index (χ2v) is 1.70. The molecule has 0 amide bonds. The summed E-state index contributed by atoms with van der Waals surface area (Å²) >= 11 is 4.04. The molecule has 6 heteroatoms. The molecular weight excluding hydrogens is 161 g/mol. The van der Waals surface area contributed by atoms with Gasteiger partial charge < -0.3 is 0 Å². The third kappa shape index (κ3) is 1.72. The number of hydrogen-bond acceptors (Lipinski definition) is 1. The molecule has 0 aliphatic rings. The number of nitriles is 1. The van der Waals surface area contributed by atoms with Crippen LogP contribution in [-0.2, 0) is 0 Å². The molecule has 0 N–H and O–H groups in total. The third-order valence-corrected chi connectivity index (χ3v) is 0.795. The van der Waals surface area contributed by atoms with Crippen molar-refractivity contribution in [2.75, 3.05) is 0 Å². The molecule has 0 aromatic carbocycles. The minimum atomic E-state index is -5.32. The lowest BCUT2D eigenvalue weighted by molar-refractivity contribution is -0.179. The first-order valence-electron chi connectivity index (χ1n) is 1.67. The van der Waals surface area contributed by atoms with Crippen molar-refractivity contribution in [3.63, 3.8) is 0 Å². The van der Waals surface area contributed by atoms with Crippen LogP contribution in [-0.4, -0.2) is 11.3 Å². The molecular formula is C3ClF4N. The molecule has 0 bridgehead atoms. The van der Waals surface area contributed by atoms with E-state index in [2.05, 4.69) is 11.6 Å². The molecule has 0 aliphatic heterocycles. The van der Waals surface area contributed by atoms with Crippen molar-refractivity contribution >= 4 is 11.6 Å². The highest BCUT2D eigenvalue weighted by molar-refractivity contribution is 6.25. The van der Waals surface area contributed by atoms with Gasteiger partial charge in [0.15, 0.2) is 0 Å². The summed E-state index contributed by atoms with van der Waals surface area (Å²) in [7, 11) is 0. The van der Waals surface area contributed by atoms with Gasteiger partial charge in [-0.15, -0.1) is 0 Å². The largest absolute Gasteiger partial charge is 0.451 e. The lowest BCUT2D eigenvalue weighted by atomic mass is 10.4. The highest BCUT2D eigenvalue weighted by atomic mass is 35.5. The van der Waals surface area contributed by atoms with E-state index in [0.717, 1.165) is 0 Å². The second kappa shape index (κ2) is 2.03. The Labute approximate surface area is 52.8 Å². The van der Waals surface area contributed by atoms with E-state index in [1.165, 1.54) is 0 Å². The Morgan fingerprint density at radius 1 is 1.22 bits per heavy atom. The third-order valence-electron chi connectivity index (χ3n) is 0.496. The normalized spacial score (nSPS) is 18.2. The molecule has 0 aromatic heterocycles. The average molecular weight is 161 g/mol. The number of hydrogen-bond donors (Lipinski definition) is 0. The van der Waals surface area contributed by atoms with E-state index in [1.807, 2.05) is 0 Å². The Bertz CT molecular complexity index is 143. The maximum Gasteiger partial charge on any atom is 0.451 e. The van der Waals surface area contributed by atoms with Crippen LogP contribution in [0.1, 0.15) is 0 Å². The minimum Gasteiger partial charge on any atom is -0.199 e. The summed E-state index contributed by atoms with van der Waals surface area (Å²) in [6, 6.07) is 0.255. The van der Waals surface area contributed by atoms with Crippen molar-refractivity contribution in [3.8, 4) is 6.07 Å². The molecule has 0 saturated carbocycles. The zero-order valence-electron chi connectivity index (χ0n) is 3.84. The molecule has 0 heterocycles. The average Bonchev–Trinajstić information content (AvgIpc) is 1.64. The van der Waals surface area contributed by atoms with Crippen LogP contribution >= 0.6 is 11.6 Å². The summed E-state index contributed by atoms with van der Waals surface area (Å²) < 4.78 is 44.9. The molecule has 0 spiro atoms. The van der Waals surface area contributed by atoms with Gasteiger partial charge in [0.25, 0.3) is 0 Å². The van der Waals surface area contributed by atoms with Crippen LogP contribution < -0.4 is 0 Å². The van der Waals surface area contributed by atoms with Gasteiger partial charge in [0.05, 0.1) is 0 Å². The Hall–Kier alpha value is -0.500. The van der Waals surface area contributed by atoms with Crippen LogP contribution in [0.15, 0.2) is 0 Å². The van der Waals surface area contributed by atoms with E-state index >= 15 is 0 Å². The van der Waals surface area contributed by atoms with Gasteiger partial charge in [0, 0.05) is 0 Å². The quantitative estimate of drug-likeness (QED) is 0.394. The lowest BCUT2D eigenvalue weighted by Crippen LogP contribution is -2.33. The second-order valence-electron chi connectivity index (χ2n) is 1.18. The van der Waals surface area contributed by atoms with Gasteiger partial charge >= 0.3 is 11.3 Å². The molecule has 1 atom stereocenters. The van der Waals surface area contributed by atoms with E-state index < -0.39 is 11.3 Å². The number of nitrogens with zero attached hydrogens (tertiary/aromatic N) is 1. The van der Waals surface area contributed by atoms with Crippen molar-refractivity contribution in [2.45, 2.75) is 11.3 Å². The van der Waals surface area contributed by atoms with Crippen LogP contribution in [0.3, 0.4) is 0 Å². The van der Waals surface area contributed by atoms with Crippen LogP contribution in [0.2, 0.25) is 0 Å². The van der Waals surface area contributed by atoms with Gasteiger partial charge in [-0.25, -0.2) is 0 Å². The Morgan fingerprint density at radius 3 is 1.56 bits per heavy atom. The molecule has 0 fully saturated rings. The number of rotatable bonds is 0. The highest BCUT2D eigenvalue weighted by Gasteiger charge is 2.55. The summed E-state index contributed by atoms with van der Waals surface area (Å²) in [6.07, 6.45) is -5.32. The minimum absolute atomic E-state index is 0.255. The molecule has 0 rings (SSSR count). The van der Waals surface area contributed by atoms with Crippen molar-refractivity contribution in [1.29, 1.82) is 5.26 Å². The predicted octanol–water partition coefficient (Wildman–Crippen LogP) is 1.98. The molecule has 0 aromatic rings. The molecule has 52 valence electrons. The molecule has 0 saturated heterocycles. The first-order valence-corrected chi connectivity index (χ1v) is 2.05. The maximum absolute atomic E-state index is 11.6. The van der Waals surface area contributed by atoms with Gasteiger partial charge in [-0.1, -0.05) is 11.6 Å². The highest BCUT2D eigenvalue weighted by Crippen LogP contribution is 2.36. The van der Waals surface area contributed by atoms with Crippen LogP contribution in [0.4, 0.5) is 17.6 Å². The molecule has 0 radical (unpaired) electrons. The molecule has 0 aliphatic carbocycles. The van der Waals surface area contributed by atoms with Crippen molar-refractivity contribution < 1.29 is 17.6 Å². The van der Waals surface area contributed by atoms with Crippen LogP contribution in [0.25, 0.3) is 0 Å². The summed E-state index contributed by atoms with van der Waals surface area (Å²) in [6.45, 7) is 0. The van der Waals surface area contributed by atoms with E-state index in [1.54, 1.807) is 0 Å². The summed E-state index contributed by atoms with van der Waals surface area (Å²) in [5.74, 6) is 0. The molecule has 1 nitrogen and oxygen atoms in total. The molecule has 9 heavy (non-hydrogen) atoms. The van der Waals surface area contributed by atoms with E-state index in [4.69, 9.17) is 5.26 Å². The van der Waals surface area contributed by atoms with E-state index in [9.17, 15) is 17.6 Å². The fourth-order valence-electron chi connectivity index (χ4n) is 0.0634.